The van der Waals surface area contributed by atoms with Crippen LogP contribution in [-0.2, 0) is 0 Å². The normalized spacial score (nSPS) is 8.36. The summed E-state index contributed by atoms with van der Waals surface area (Å²) < 4.78 is 0. The molecule has 0 aromatic heterocycles. The van der Waals surface area contributed by atoms with Crippen molar-refractivity contribution in [3.05, 3.63) is 29.8 Å². The quantitative estimate of drug-likeness (QED) is 0.602. The minimum absolute atomic E-state index is 0. The van der Waals surface area contributed by atoms with Crippen LogP contribution in [0, 0.1) is 0 Å². The molecule has 0 bridgehead atoms. The average Bonchev–Trinajstić information content (AvgIpc) is 1.88. The predicted molar refractivity (Wildman–Crippen MR) is 40.8 cm³/mol. The number of hydrogen-bond donors (Lipinski definition) is 2. The van der Waals surface area contributed by atoms with Gasteiger partial charge in [0.05, 0.1) is 0 Å². The number of rotatable bonds is 1. The third-order valence-electron chi connectivity index (χ3n) is 1.13. The van der Waals surface area contributed by atoms with E-state index in [2.05, 4.69) is 0 Å². The summed E-state index contributed by atoms with van der Waals surface area (Å²) in [7, 11) is 0. The number of carboxylic acid groups (broad SMARTS) is 1. The molecular weight excluding hydrogens is 159 g/mol. The zero-order valence-electron chi connectivity index (χ0n) is 5.69. The molecule has 0 amide bonds. The minimum atomic E-state index is -1.11. The number of para-hydroxylation sites is 1. The van der Waals surface area contributed by atoms with Crippen LogP contribution in [-0.4, -0.2) is 33.5 Å². The van der Waals surface area contributed by atoms with Gasteiger partial charge in [0.1, 0.15) is 11.3 Å². The number of carboxylic acids is 1. The number of hydrogen-bond acceptors (Lipinski definition) is 2. The van der Waals surface area contributed by atoms with Crippen LogP contribution in [0.2, 0.25) is 0 Å². The van der Waals surface area contributed by atoms with Gasteiger partial charge in [-0.05, 0) is 12.1 Å². The first kappa shape index (κ1) is 10.0. The number of aromatic hydroxyl groups is 1. The lowest BCUT2D eigenvalue weighted by atomic mass is 10.2. The van der Waals surface area contributed by atoms with Crippen molar-refractivity contribution in [2.75, 3.05) is 0 Å². The first-order valence-electron chi connectivity index (χ1n) is 2.73. The monoisotopic (exact) mass is 165 g/mol. The van der Waals surface area contributed by atoms with Crippen LogP contribution >= 0.6 is 0 Å². The average molecular weight is 165 g/mol. The first-order chi connectivity index (χ1) is 4.72. The number of carbonyl (C=O) groups is 1. The molecular formula is C7H6AlO3. The summed E-state index contributed by atoms with van der Waals surface area (Å²) in [6.07, 6.45) is 0. The van der Waals surface area contributed by atoms with Gasteiger partial charge in [0.2, 0.25) is 0 Å². The van der Waals surface area contributed by atoms with Crippen molar-refractivity contribution in [1.82, 2.24) is 0 Å². The van der Waals surface area contributed by atoms with E-state index >= 15 is 0 Å². The lowest BCUT2D eigenvalue weighted by Crippen LogP contribution is -1.95. The molecule has 0 aliphatic rings. The van der Waals surface area contributed by atoms with Gasteiger partial charge in [0.25, 0.3) is 0 Å². The summed E-state index contributed by atoms with van der Waals surface area (Å²) in [6.45, 7) is 0. The molecule has 3 nitrogen and oxygen atoms in total. The van der Waals surface area contributed by atoms with E-state index in [0.29, 0.717) is 0 Å². The summed E-state index contributed by atoms with van der Waals surface area (Å²) in [5.74, 6) is -1.31. The highest BCUT2D eigenvalue weighted by molar-refractivity contribution is 5.90. The van der Waals surface area contributed by atoms with Crippen LogP contribution < -0.4 is 0 Å². The third kappa shape index (κ3) is 2.26. The molecule has 4 heteroatoms. The van der Waals surface area contributed by atoms with Crippen LogP contribution in [0.1, 0.15) is 10.4 Å². The molecule has 11 heavy (non-hydrogen) atoms. The highest BCUT2D eigenvalue weighted by Crippen LogP contribution is 2.14. The van der Waals surface area contributed by atoms with E-state index in [9.17, 15) is 4.79 Å². The molecule has 55 valence electrons. The van der Waals surface area contributed by atoms with Crippen LogP contribution in [0.4, 0.5) is 0 Å². The number of benzene rings is 1. The van der Waals surface area contributed by atoms with Crippen molar-refractivity contribution >= 4 is 23.3 Å². The Hall–Kier alpha value is -0.978. The van der Waals surface area contributed by atoms with Gasteiger partial charge in [-0.3, -0.25) is 0 Å². The zero-order valence-corrected chi connectivity index (χ0v) is 6.84. The van der Waals surface area contributed by atoms with Gasteiger partial charge in [-0.2, -0.15) is 0 Å². The minimum Gasteiger partial charge on any atom is -0.507 e. The number of phenols is 1. The van der Waals surface area contributed by atoms with Crippen LogP contribution in [0.5, 0.6) is 5.75 Å². The van der Waals surface area contributed by atoms with Gasteiger partial charge in [0, 0.05) is 17.4 Å². The van der Waals surface area contributed by atoms with Crippen LogP contribution in [0.25, 0.3) is 0 Å². The Bertz CT molecular complexity index is 260. The molecule has 0 heterocycles. The fraction of sp³-hybridized carbons (Fsp3) is 0. The molecule has 0 fully saturated rings. The summed E-state index contributed by atoms with van der Waals surface area (Å²) in [6, 6.07) is 5.81. The fourth-order valence-electron chi connectivity index (χ4n) is 0.654. The smallest absolute Gasteiger partial charge is 0.339 e. The SMILES string of the molecule is O=C(O)c1ccccc1O.[Al]. The van der Waals surface area contributed by atoms with Crippen molar-refractivity contribution in [1.29, 1.82) is 0 Å². The van der Waals surface area contributed by atoms with E-state index in [0.717, 1.165) is 0 Å². The van der Waals surface area contributed by atoms with Crippen LogP contribution in [0.15, 0.2) is 24.3 Å². The predicted octanol–water partition coefficient (Wildman–Crippen LogP) is 0.710. The highest BCUT2D eigenvalue weighted by Gasteiger charge is 2.05. The van der Waals surface area contributed by atoms with Gasteiger partial charge in [-0.15, -0.1) is 0 Å². The second kappa shape index (κ2) is 4.02. The summed E-state index contributed by atoms with van der Waals surface area (Å²) in [5, 5.41) is 17.3. The standard InChI is InChI=1S/C7H6O3.Al/c8-6-4-2-1-3-5(6)7(9)10;/h1-4,8H,(H,9,10);. The summed E-state index contributed by atoms with van der Waals surface area (Å²) in [4.78, 5) is 10.3. The van der Waals surface area contributed by atoms with E-state index in [4.69, 9.17) is 10.2 Å². The molecule has 0 spiro atoms. The maximum absolute atomic E-state index is 10.3. The topological polar surface area (TPSA) is 57.5 Å². The van der Waals surface area contributed by atoms with Gasteiger partial charge in [0.15, 0.2) is 0 Å². The van der Waals surface area contributed by atoms with E-state index in [1.54, 1.807) is 12.1 Å². The zero-order chi connectivity index (χ0) is 7.56. The van der Waals surface area contributed by atoms with E-state index in [1.165, 1.54) is 12.1 Å². The lowest BCUT2D eigenvalue weighted by Gasteiger charge is -1.95. The van der Waals surface area contributed by atoms with Gasteiger partial charge in [-0.1, -0.05) is 12.1 Å². The molecule has 1 aromatic rings. The molecule has 2 N–H and O–H groups in total. The molecule has 1 rings (SSSR count). The molecule has 0 unspecified atom stereocenters. The maximum Gasteiger partial charge on any atom is 0.339 e. The van der Waals surface area contributed by atoms with E-state index in [1.807, 2.05) is 0 Å². The second-order valence-corrected chi connectivity index (χ2v) is 1.82. The summed E-state index contributed by atoms with van der Waals surface area (Å²) >= 11 is 0. The van der Waals surface area contributed by atoms with Gasteiger partial charge >= 0.3 is 5.97 Å². The number of aromatic carboxylic acids is 1. The molecule has 0 aliphatic carbocycles. The van der Waals surface area contributed by atoms with Crippen molar-refractivity contribution in [2.24, 2.45) is 0 Å². The van der Waals surface area contributed by atoms with E-state index in [-0.39, 0.29) is 28.7 Å². The van der Waals surface area contributed by atoms with Crippen molar-refractivity contribution in [3.8, 4) is 5.75 Å². The maximum atomic E-state index is 10.3. The fourth-order valence-corrected chi connectivity index (χ4v) is 0.654. The van der Waals surface area contributed by atoms with Crippen molar-refractivity contribution < 1.29 is 15.0 Å². The first-order valence-corrected chi connectivity index (χ1v) is 2.73. The summed E-state index contributed by atoms with van der Waals surface area (Å²) in [5.41, 5.74) is -0.0671. The van der Waals surface area contributed by atoms with Gasteiger partial charge in [-0.25, -0.2) is 4.79 Å². The Kier molecular flexibility index (Phi) is 3.66. The molecule has 3 radical (unpaired) electrons. The Balaban J connectivity index is 0.000001000. The van der Waals surface area contributed by atoms with Crippen molar-refractivity contribution in [2.45, 2.75) is 0 Å². The molecule has 1 aromatic carbocycles. The Morgan fingerprint density at radius 2 is 1.82 bits per heavy atom. The highest BCUT2D eigenvalue weighted by atomic mass is 27.0. The Morgan fingerprint density at radius 3 is 2.18 bits per heavy atom. The second-order valence-electron chi connectivity index (χ2n) is 1.82. The Labute approximate surface area is 74.4 Å². The lowest BCUT2D eigenvalue weighted by molar-refractivity contribution is 0.0694. The third-order valence-corrected chi connectivity index (χ3v) is 1.13. The largest absolute Gasteiger partial charge is 0.507 e. The van der Waals surface area contributed by atoms with Gasteiger partial charge < -0.3 is 10.2 Å². The van der Waals surface area contributed by atoms with E-state index < -0.39 is 5.97 Å². The van der Waals surface area contributed by atoms with Crippen LogP contribution in [0.3, 0.4) is 0 Å². The molecule has 0 aliphatic heterocycles. The molecule has 0 saturated carbocycles. The molecule has 0 atom stereocenters. The Morgan fingerprint density at radius 1 is 1.27 bits per heavy atom. The van der Waals surface area contributed by atoms with Crippen molar-refractivity contribution in [3.63, 3.8) is 0 Å². The molecule has 0 saturated heterocycles.